The van der Waals surface area contributed by atoms with E-state index in [1.807, 2.05) is 17.5 Å². The maximum absolute atomic E-state index is 12.1. The van der Waals surface area contributed by atoms with Crippen LogP contribution < -0.4 is 5.32 Å². The van der Waals surface area contributed by atoms with Crippen LogP contribution in [0.4, 0.5) is 13.2 Å². The largest absolute Gasteiger partial charge is 0.490 e. The summed E-state index contributed by atoms with van der Waals surface area (Å²) in [5.41, 5.74) is 2.22. The number of alkyl halides is 3. The van der Waals surface area contributed by atoms with Crippen molar-refractivity contribution < 1.29 is 37.3 Å². The number of aliphatic carboxylic acids is 1. The van der Waals surface area contributed by atoms with Gasteiger partial charge in [0.25, 0.3) is 5.91 Å². The molecule has 2 N–H and O–H groups in total. The van der Waals surface area contributed by atoms with E-state index in [-0.39, 0.29) is 12.0 Å². The Morgan fingerprint density at radius 2 is 2.00 bits per heavy atom. The zero-order valence-corrected chi connectivity index (χ0v) is 18.0. The van der Waals surface area contributed by atoms with Gasteiger partial charge in [-0.2, -0.15) is 18.3 Å². The Kier molecular flexibility index (Phi) is 8.26. The molecule has 4 rings (SSSR count). The molecule has 1 unspecified atom stereocenters. The van der Waals surface area contributed by atoms with Crippen molar-refractivity contribution in [3.8, 4) is 0 Å². The predicted molar refractivity (Wildman–Crippen MR) is 109 cm³/mol. The third-order valence-corrected chi connectivity index (χ3v) is 5.96. The summed E-state index contributed by atoms with van der Waals surface area (Å²) in [6.45, 7) is 3.77. The quantitative estimate of drug-likeness (QED) is 0.689. The van der Waals surface area contributed by atoms with E-state index < -0.39 is 12.1 Å². The third kappa shape index (κ3) is 6.78. The molecule has 176 valence electrons. The maximum atomic E-state index is 12.1. The lowest BCUT2D eigenvalue weighted by Crippen LogP contribution is -2.31. The number of hydrogen-bond acceptors (Lipinski definition) is 6. The molecule has 0 saturated carbocycles. The first kappa shape index (κ1) is 24.2. The Labute approximate surface area is 186 Å². The lowest BCUT2D eigenvalue weighted by atomic mass is 10.0. The van der Waals surface area contributed by atoms with Crippen LogP contribution >= 0.6 is 11.3 Å². The molecule has 1 fully saturated rings. The number of aromatic nitrogens is 2. The lowest BCUT2D eigenvalue weighted by molar-refractivity contribution is -0.192. The van der Waals surface area contributed by atoms with Gasteiger partial charge in [-0.15, -0.1) is 11.3 Å². The van der Waals surface area contributed by atoms with Crippen LogP contribution in [0.3, 0.4) is 0 Å². The van der Waals surface area contributed by atoms with E-state index >= 15 is 0 Å². The molecule has 0 spiro atoms. The number of rotatable bonds is 5. The number of halogens is 3. The molecule has 2 aliphatic heterocycles. The molecule has 32 heavy (non-hydrogen) atoms. The standard InChI is InChI=1S/C18H23N3O3S.C2HF3O2/c22-18(16-2-1-9-25-16)19-10-15-17-14(5-8-24-15)12-21(20-17)11-13-3-6-23-7-4-13;3-2(4,5)1(6)7/h1-2,9,12-13,15H,3-8,10-11H2,(H,19,22);(H,6,7). The summed E-state index contributed by atoms with van der Waals surface area (Å²) >= 11 is 1.44. The predicted octanol–water partition coefficient (Wildman–Crippen LogP) is 3.05. The van der Waals surface area contributed by atoms with Gasteiger partial charge >= 0.3 is 12.1 Å². The first-order valence-electron chi connectivity index (χ1n) is 10.1. The van der Waals surface area contributed by atoms with E-state index in [4.69, 9.17) is 24.5 Å². The summed E-state index contributed by atoms with van der Waals surface area (Å²) < 4.78 is 45.1. The van der Waals surface area contributed by atoms with Gasteiger partial charge in [0.1, 0.15) is 6.10 Å². The first-order chi connectivity index (χ1) is 15.2. The van der Waals surface area contributed by atoms with Crippen LogP contribution in [-0.4, -0.2) is 59.3 Å². The van der Waals surface area contributed by atoms with E-state index in [9.17, 15) is 18.0 Å². The summed E-state index contributed by atoms with van der Waals surface area (Å²) in [6.07, 6.45) is -0.00803. The van der Waals surface area contributed by atoms with E-state index in [2.05, 4.69) is 16.2 Å². The molecule has 0 aromatic carbocycles. The maximum Gasteiger partial charge on any atom is 0.490 e. The highest BCUT2D eigenvalue weighted by Gasteiger charge is 2.38. The number of nitrogens with one attached hydrogen (secondary N) is 1. The Balaban J connectivity index is 0.000000360. The summed E-state index contributed by atoms with van der Waals surface area (Å²) in [7, 11) is 0. The van der Waals surface area contributed by atoms with Crippen LogP contribution in [0.5, 0.6) is 0 Å². The van der Waals surface area contributed by atoms with E-state index in [0.29, 0.717) is 19.1 Å². The van der Waals surface area contributed by atoms with Gasteiger partial charge in [0, 0.05) is 32.5 Å². The molecule has 1 amide bonds. The van der Waals surface area contributed by atoms with Crippen molar-refractivity contribution in [3.05, 3.63) is 39.8 Å². The van der Waals surface area contributed by atoms with Crippen molar-refractivity contribution in [2.75, 3.05) is 26.4 Å². The molecule has 8 nitrogen and oxygen atoms in total. The van der Waals surface area contributed by atoms with E-state index in [1.54, 1.807) is 0 Å². The Bertz CT molecular complexity index is 895. The average molecular weight is 475 g/mol. The van der Waals surface area contributed by atoms with Crippen molar-refractivity contribution in [1.29, 1.82) is 0 Å². The fourth-order valence-corrected chi connectivity index (χ4v) is 4.09. The van der Waals surface area contributed by atoms with Gasteiger partial charge in [-0.1, -0.05) is 6.07 Å². The number of carboxylic acid groups (broad SMARTS) is 1. The fourth-order valence-electron chi connectivity index (χ4n) is 3.45. The Morgan fingerprint density at radius 1 is 1.28 bits per heavy atom. The van der Waals surface area contributed by atoms with Crippen LogP contribution in [0, 0.1) is 5.92 Å². The number of amides is 1. The van der Waals surface area contributed by atoms with Gasteiger partial charge in [0.2, 0.25) is 0 Å². The second-order valence-corrected chi connectivity index (χ2v) is 8.36. The van der Waals surface area contributed by atoms with Gasteiger partial charge < -0.3 is 19.9 Å². The summed E-state index contributed by atoms with van der Waals surface area (Å²) in [6, 6.07) is 3.71. The first-order valence-corrected chi connectivity index (χ1v) is 11.0. The molecule has 4 heterocycles. The van der Waals surface area contributed by atoms with Crippen molar-refractivity contribution in [2.45, 2.75) is 38.1 Å². The van der Waals surface area contributed by atoms with E-state index in [0.717, 1.165) is 49.6 Å². The molecule has 1 saturated heterocycles. The molecule has 12 heteroatoms. The number of hydrogen-bond donors (Lipinski definition) is 2. The molecule has 0 bridgehead atoms. The molecule has 2 aromatic rings. The molecular formula is C20H24F3N3O5S. The lowest BCUT2D eigenvalue weighted by Gasteiger charge is -2.22. The van der Waals surface area contributed by atoms with Crippen LogP contribution in [0.2, 0.25) is 0 Å². The SMILES string of the molecule is O=C(NCC1OCCc2cn(CC3CCOCC3)nc21)c1cccs1.O=C(O)C(F)(F)F. The topological polar surface area (TPSA) is 103 Å². The van der Waals surface area contributed by atoms with Crippen LogP contribution in [0.15, 0.2) is 23.7 Å². The number of ether oxygens (including phenoxy) is 2. The zero-order chi connectivity index (χ0) is 23.1. The molecular weight excluding hydrogens is 451 g/mol. The zero-order valence-electron chi connectivity index (χ0n) is 17.1. The number of carbonyl (C=O) groups excluding carboxylic acids is 1. The van der Waals surface area contributed by atoms with Crippen LogP contribution in [0.1, 0.15) is 39.9 Å². The summed E-state index contributed by atoms with van der Waals surface area (Å²) in [4.78, 5) is 21.8. The Morgan fingerprint density at radius 3 is 2.62 bits per heavy atom. The highest BCUT2D eigenvalue weighted by atomic mass is 32.1. The number of carboxylic acids is 1. The van der Waals surface area contributed by atoms with Crippen LogP contribution in [0.25, 0.3) is 0 Å². The van der Waals surface area contributed by atoms with Crippen molar-refractivity contribution in [2.24, 2.45) is 5.92 Å². The van der Waals surface area contributed by atoms with Gasteiger partial charge in [0.15, 0.2) is 0 Å². The monoisotopic (exact) mass is 475 g/mol. The van der Waals surface area contributed by atoms with Crippen LogP contribution in [-0.2, 0) is 27.2 Å². The van der Waals surface area contributed by atoms with Gasteiger partial charge in [-0.25, -0.2) is 4.79 Å². The van der Waals surface area contributed by atoms with Crippen molar-refractivity contribution in [1.82, 2.24) is 15.1 Å². The molecule has 0 aliphatic carbocycles. The van der Waals surface area contributed by atoms with Gasteiger partial charge in [-0.05, 0) is 42.2 Å². The average Bonchev–Trinajstić information content (AvgIpc) is 3.42. The van der Waals surface area contributed by atoms with Crippen molar-refractivity contribution in [3.63, 3.8) is 0 Å². The molecule has 0 radical (unpaired) electrons. The number of thiophene rings is 1. The minimum atomic E-state index is -5.08. The minimum Gasteiger partial charge on any atom is -0.475 e. The highest BCUT2D eigenvalue weighted by molar-refractivity contribution is 7.12. The minimum absolute atomic E-state index is 0.0487. The summed E-state index contributed by atoms with van der Waals surface area (Å²) in [5.74, 6) is -2.17. The number of carbonyl (C=O) groups is 2. The fraction of sp³-hybridized carbons (Fsp3) is 0.550. The third-order valence-electron chi connectivity index (χ3n) is 5.09. The smallest absolute Gasteiger partial charge is 0.475 e. The molecule has 1 atom stereocenters. The van der Waals surface area contributed by atoms with E-state index in [1.165, 1.54) is 16.9 Å². The highest BCUT2D eigenvalue weighted by Crippen LogP contribution is 2.26. The normalized spacial score (nSPS) is 18.9. The summed E-state index contributed by atoms with van der Waals surface area (Å²) in [5, 5.41) is 16.8. The van der Waals surface area contributed by atoms with Gasteiger partial charge in [-0.3, -0.25) is 9.48 Å². The number of fused-ring (bicyclic) bond motifs is 1. The number of nitrogens with zero attached hydrogens (tertiary/aromatic N) is 2. The molecule has 2 aromatic heterocycles. The Hall–Kier alpha value is -2.44. The second kappa shape index (κ2) is 10.9. The second-order valence-electron chi connectivity index (χ2n) is 7.42. The van der Waals surface area contributed by atoms with Gasteiger partial charge in [0.05, 0.1) is 17.2 Å². The van der Waals surface area contributed by atoms with Crippen molar-refractivity contribution >= 4 is 23.2 Å². The molecule has 2 aliphatic rings.